The van der Waals surface area contributed by atoms with Gasteiger partial charge in [-0.1, -0.05) is 48.8 Å². The molecule has 2 nitrogen and oxygen atoms in total. The lowest BCUT2D eigenvalue weighted by Gasteiger charge is -2.23. The van der Waals surface area contributed by atoms with Gasteiger partial charge in [-0.2, -0.15) is 0 Å². The Bertz CT molecular complexity index is 598. The highest BCUT2D eigenvalue weighted by Gasteiger charge is 2.20. The van der Waals surface area contributed by atoms with Crippen LogP contribution in [0.2, 0.25) is 0 Å². The van der Waals surface area contributed by atoms with E-state index in [0.717, 1.165) is 28.1 Å². The predicted molar refractivity (Wildman–Crippen MR) is 90.8 cm³/mol. The second-order valence-corrected chi connectivity index (χ2v) is 6.55. The fourth-order valence-corrected chi connectivity index (χ4v) is 2.46. The minimum atomic E-state index is -0.0142. The van der Waals surface area contributed by atoms with Gasteiger partial charge in [0.1, 0.15) is 17.2 Å². The van der Waals surface area contributed by atoms with E-state index >= 15 is 0 Å². The lowest BCUT2D eigenvalue weighted by Crippen LogP contribution is -2.12. The number of halogens is 1. The van der Waals surface area contributed by atoms with Crippen LogP contribution in [0.4, 0.5) is 0 Å². The molecule has 0 aliphatic rings. The summed E-state index contributed by atoms with van der Waals surface area (Å²) in [5.41, 5.74) is 2.35. The number of rotatable bonds is 4. The summed E-state index contributed by atoms with van der Waals surface area (Å²) in [6, 6.07) is 14.0. The number of ether oxygens (including phenoxy) is 2. The van der Waals surface area contributed by atoms with Crippen LogP contribution in [0, 0.1) is 0 Å². The zero-order chi connectivity index (χ0) is 15.5. The third-order valence-electron chi connectivity index (χ3n) is 3.30. The molecule has 0 spiro atoms. The minimum Gasteiger partial charge on any atom is -0.497 e. The highest BCUT2D eigenvalue weighted by Crippen LogP contribution is 2.36. The smallest absolute Gasteiger partial charge is 0.131 e. The maximum atomic E-state index is 6.06. The molecular weight excluding hydrogens is 328 g/mol. The molecule has 0 heterocycles. The van der Waals surface area contributed by atoms with Crippen LogP contribution in [0.15, 0.2) is 42.5 Å². The van der Waals surface area contributed by atoms with Gasteiger partial charge in [-0.25, -0.2) is 0 Å². The van der Waals surface area contributed by atoms with E-state index in [1.807, 2.05) is 30.3 Å². The standard InChI is InChI=1S/C18H21BrO2/c1-18(2,3)16-11-15(20-4)9-10-17(16)21-14-7-5-13(12-19)6-8-14/h5-11H,12H2,1-4H3. The van der Waals surface area contributed by atoms with Gasteiger partial charge in [0.05, 0.1) is 7.11 Å². The summed E-state index contributed by atoms with van der Waals surface area (Å²) in [4.78, 5) is 0. The number of methoxy groups -OCH3 is 1. The van der Waals surface area contributed by atoms with E-state index in [1.165, 1.54) is 5.56 Å². The lowest BCUT2D eigenvalue weighted by molar-refractivity contribution is 0.407. The van der Waals surface area contributed by atoms with Gasteiger partial charge in [-0.3, -0.25) is 0 Å². The summed E-state index contributed by atoms with van der Waals surface area (Å²) in [6.07, 6.45) is 0. The largest absolute Gasteiger partial charge is 0.497 e. The van der Waals surface area contributed by atoms with Crippen molar-refractivity contribution in [2.45, 2.75) is 31.5 Å². The first kappa shape index (κ1) is 15.9. The highest BCUT2D eigenvalue weighted by atomic mass is 79.9. The summed E-state index contributed by atoms with van der Waals surface area (Å²) in [6.45, 7) is 6.51. The summed E-state index contributed by atoms with van der Waals surface area (Å²) >= 11 is 3.45. The van der Waals surface area contributed by atoms with Gasteiger partial charge in [0.15, 0.2) is 0 Å². The molecule has 2 aromatic rings. The average molecular weight is 349 g/mol. The molecule has 0 aromatic heterocycles. The number of hydrogen-bond acceptors (Lipinski definition) is 2. The van der Waals surface area contributed by atoms with Crippen LogP contribution < -0.4 is 9.47 Å². The number of benzene rings is 2. The molecule has 0 unspecified atom stereocenters. The molecule has 112 valence electrons. The van der Waals surface area contributed by atoms with Gasteiger partial charge in [0, 0.05) is 10.9 Å². The molecule has 2 rings (SSSR count). The molecular formula is C18H21BrO2. The van der Waals surface area contributed by atoms with Crippen LogP contribution in [-0.4, -0.2) is 7.11 Å². The fraction of sp³-hybridized carbons (Fsp3) is 0.333. The van der Waals surface area contributed by atoms with Crippen LogP contribution in [0.5, 0.6) is 17.2 Å². The topological polar surface area (TPSA) is 18.5 Å². The van der Waals surface area contributed by atoms with E-state index in [2.05, 4.69) is 48.8 Å². The van der Waals surface area contributed by atoms with Crippen LogP contribution in [0.1, 0.15) is 31.9 Å². The van der Waals surface area contributed by atoms with Gasteiger partial charge in [-0.15, -0.1) is 0 Å². The van der Waals surface area contributed by atoms with Gasteiger partial charge < -0.3 is 9.47 Å². The van der Waals surface area contributed by atoms with Crippen molar-refractivity contribution >= 4 is 15.9 Å². The second kappa shape index (κ2) is 6.52. The van der Waals surface area contributed by atoms with E-state index in [-0.39, 0.29) is 5.41 Å². The molecule has 0 atom stereocenters. The molecule has 0 radical (unpaired) electrons. The molecule has 0 aliphatic heterocycles. The summed E-state index contributed by atoms with van der Waals surface area (Å²) < 4.78 is 11.4. The first-order valence-corrected chi connectivity index (χ1v) is 8.07. The first-order chi connectivity index (χ1) is 9.94. The van der Waals surface area contributed by atoms with Crippen molar-refractivity contribution in [1.29, 1.82) is 0 Å². The number of hydrogen-bond donors (Lipinski definition) is 0. The van der Waals surface area contributed by atoms with E-state index < -0.39 is 0 Å². The minimum absolute atomic E-state index is 0.0142. The van der Waals surface area contributed by atoms with Crippen LogP contribution >= 0.6 is 15.9 Å². The zero-order valence-electron chi connectivity index (χ0n) is 12.9. The molecule has 0 saturated carbocycles. The van der Waals surface area contributed by atoms with Gasteiger partial charge >= 0.3 is 0 Å². The lowest BCUT2D eigenvalue weighted by atomic mass is 9.86. The molecule has 21 heavy (non-hydrogen) atoms. The van der Waals surface area contributed by atoms with Crippen LogP contribution in [0.3, 0.4) is 0 Å². The van der Waals surface area contributed by atoms with Crippen molar-refractivity contribution < 1.29 is 9.47 Å². The highest BCUT2D eigenvalue weighted by molar-refractivity contribution is 9.08. The molecule has 0 saturated heterocycles. The van der Waals surface area contributed by atoms with Crippen molar-refractivity contribution in [2.24, 2.45) is 0 Å². The van der Waals surface area contributed by atoms with Crippen molar-refractivity contribution in [1.82, 2.24) is 0 Å². The zero-order valence-corrected chi connectivity index (χ0v) is 14.5. The van der Waals surface area contributed by atoms with E-state index in [4.69, 9.17) is 9.47 Å². The Balaban J connectivity index is 2.34. The average Bonchev–Trinajstić information content (AvgIpc) is 2.47. The molecule has 3 heteroatoms. The van der Waals surface area contributed by atoms with E-state index in [1.54, 1.807) is 7.11 Å². The Morgan fingerprint density at radius 1 is 0.952 bits per heavy atom. The maximum absolute atomic E-state index is 6.06. The third-order valence-corrected chi connectivity index (χ3v) is 3.95. The fourth-order valence-electron chi connectivity index (χ4n) is 2.08. The monoisotopic (exact) mass is 348 g/mol. The summed E-state index contributed by atoms with van der Waals surface area (Å²) in [5, 5.41) is 0.850. The normalized spacial score (nSPS) is 11.3. The Morgan fingerprint density at radius 3 is 2.10 bits per heavy atom. The van der Waals surface area contributed by atoms with Crippen molar-refractivity contribution in [3.63, 3.8) is 0 Å². The van der Waals surface area contributed by atoms with E-state index in [9.17, 15) is 0 Å². The maximum Gasteiger partial charge on any atom is 0.131 e. The Kier molecular flexibility index (Phi) is 4.94. The van der Waals surface area contributed by atoms with Gasteiger partial charge in [-0.05, 0) is 41.3 Å². The Hall–Kier alpha value is -1.48. The number of alkyl halides is 1. The summed E-state index contributed by atoms with van der Waals surface area (Å²) in [5.74, 6) is 2.56. The first-order valence-electron chi connectivity index (χ1n) is 6.95. The van der Waals surface area contributed by atoms with E-state index in [0.29, 0.717) is 0 Å². The van der Waals surface area contributed by atoms with Crippen molar-refractivity contribution in [3.8, 4) is 17.2 Å². The molecule has 0 aliphatic carbocycles. The van der Waals surface area contributed by atoms with Crippen LogP contribution in [-0.2, 0) is 10.7 Å². The molecule has 0 fully saturated rings. The predicted octanol–water partition coefficient (Wildman–Crippen LogP) is 5.68. The molecule has 2 aromatic carbocycles. The second-order valence-electron chi connectivity index (χ2n) is 5.99. The quantitative estimate of drug-likeness (QED) is 0.661. The summed E-state index contributed by atoms with van der Waals surface area (Å²) in [7, 11) is 1.68. The van der Waals surface area contributed by atoms with Crippen LogP contribution in [0.25, 0.3) is 0 Å². The Labute approximate surface area is 135 Å². The SMILES string of the molecule is COc1ccc(Oc2ccc(CBr)cc2)c(C(C)(C)C)c1. The molecule has 0 amide bonds. The van der Waals surface area contributed by atoms with Crippen molar-refractivity contribution in [2.75, 3.05) is 7.11 Å². The van der Waals surface area contributed by atoms with Gasteiger partial charge in [0.25, 0.3) is 0 Å². The van der Waals surface area contributed by atoms with Crippen molar-refractivity contribution in [3.05, 3.63) is 53.6 Å². The molecule has 0 N–H and O–H groups in total. The third kappa shape index (κ3) is 4.01. The Morgan fingerprint density at radius 2 is 1.57 bits per heavy atom. The van der Waals surface area contributed by atoms with Gasteiger partial charge in [0.2, 0.25) is 0 Å². The molecule has 0 bridgehead atoms.